The van der Waals surface area contributed by atoms with Gasteiger partial charge in [0.2, 0.25) is 0 Å². The summed E-state index contributed by atoms with van der Waals surface area (Å²) in [7, 11) is 0. The van der Waals surface area contributed by atoms with Crippen molar-refractivity contribution in [2.24, 2.45) is 5.41 Å². The minimum absolute atomic E-state index is 0.277. The van der Waals surface area contributed by atoms with Crippen molar-refractivity contribution in [2.45, 2.75) is 38.8 Å². The number of benzene rings is 1. The van der Waals surface area contributed by atoms with Crippen molar-refractivity contribution in [1.82, 2.24) is 0 Å². The lowest BCUT2D eigenvalue weighted by Gasteiger charge is -2.39. The lowest BCUT2D eigenvalue weighted by Crippen LogP contribution is -2.37. The normalized spacial score (nSPS) is 26.1. The van der Waals surface area contributed by atoms with Crippen LogP contribution in [0.25, 0.3) is 5.57 Å². The lowest BCUT2D eigenvalue weighted by atomic mass is 9.68. The summed E-state index contributed by atoms with van der Waals surface area (Å²) in [6.07, 6.45) is 4.41. The van der Waals surface area contributed by atoms with Crippen LogP contribution in [0.5, 0.6) is 0 Å². The summed E-state index contributed by atoms with van der Waals surface area (Å²) in [5.74, 6) is -1.65. The number of hydrogen-bond acceptors (Lipinski definition) is 2. The number of carbonyl (C=O) groups is 1. The molecule has 0 saturated carbocycles. The minimum atomic E-state index is -1.93. The van der Waals surface area contributed by atoms with E-state index in [4.69, 9.17) is 0 Å². The predicted octanol–water partition coefficient (Wildman–Crippen LogP) is 4.83. The van der Waals surface area contributed by atoms with Crippen LogP contribution in [0.2, 0.25) is 0 Å². The molecule has 0 saturated heterocycles. The molecular formula is C20H21FO3. The maximum absolute atomic E-state index is 16.4. The van der Waals surface area contributed by atoms with Crippen molar-refractivity contribution in [3.63, 3.8) is 0 Å². The van der Waals surface area contributed by atoms with Crippen molar-refractivity contribution < 1.29 is 19.4 Å². The molecule has 2 aliphatic rings. The van der Waals surface area contributed by atoms with Crippen LogP contribution in [0.1, 0.15) is 38.7 Å². The molecule has 4 heteroatoms. The lowest BCUT2D eigenvalue weighted by molar-refractivity contribution is -0.133. The first-order valence-corrected chi connectivity index (χ1v) is 8.09. The Kier molecular flexibility index (Phi) is 3.86. The van der Waals surface area contributed by atoms with Crippen LogP contribution in [0.15, 0.2) is 59.4 Å². The fourth-order valence-corrected chi connectivity index (χ4v) is 3.81. The molecule has 2 N–H and O–H groups in total. The Morgan fingerprint density at radius 3 is 2.42 bits per heavy atom. The average molecular weight is 328 g/mol. The highest BCUT2D eigenvalue weighted by Crippen LogP contribution is 2.54. The van der Waals surface area contributed by atoms with Gasteiger partial charge in [-0.3, -0.25) is 0 Å². The highest BCUT2D eigenvalue weighted by Gasteiger charge is 2.50. The number of allylic oxidation sites excluding steroid dienone is 4. The van der Waals surface area contributed by atoms with Gasteiger partial charge < -0.3 is 10.2 Å². The van der Waals surface area contributed by atoms with Gasteiger partial charge in [0.1, 0.15) is 5.76 Å². The molecule has 0 spiro atoms. The summed E-state index contributed by atoms with van der Waals surface area (Å²) in [6.45, 7) is 3.96. The van der Waals surface area contributed by atoms with Gasteiger partial charge in [-0.1, -0.05) is 50.3 Å². The Balaban J connectivity index is 2.20. The Bertz CT molecular complexity index is 771. The second-order valence-electron chi connectivity index (χ2n) is 7.11. The molecule has 0 fully saturated rings. The van der Waals surface area contributed by atoms with E-state index in [1.54, 1.807) is 24.3 Å². The summed E-state index contributed by atoms with van der Waals surface area (Å²) >= 11 is 0. The van der Waals surface area contributed by atoms with E-state index in [0.29, 0.717) is 16.7 Å². The van der Waals surface area contributed by atoms with E-state index in [9.17, 15) is 15.0 Å². The molecule has 2 aliphatic carbocycles. The summed E-state index contributed by atoms with van der Waals surface area (Å²) in [4.78, 5) is 11.4. The van der Waals surface area contributed by atoms with Crippen molar-refractivity contribution in [2.75, 3.05) is 0 Å². The van der Waals surface area contributed by atoms with E-state index in [2.05, 4.69) is 0 Å². The molecule has 126 valence electrons. The molecular weight excluding hydrogens is 307 g/mol. The summed E-state index contributed by atoms with van der Waals surface area (Å²) in [5, 5.41) is 19.4. The Labute approximate surface area is 140 Å². The number of hydrogen-bond donors (Lipinski definition) is 2. The number of carboxylic acid groups (broad SMARTS) is 1. The molecule has 24 heavy (non-hydrogen) atoms. The fraction of sp³-hybridized carbons (Fsp3) is 0.350. The third-order valence-electron chi connectivity index (χ3n) is 5.05. The molecule has 3 rings (SSSR count). The number of aliphatic hydroxyl groups is 1. The maximum atomic E-state index is 16.4. The highest BCUT2D eigenvalue weighted by atomic mass is 19.1. The molecule has 1 aromatic carbocycles. The van der Waals surface area contributed by atoms with Crippen molar-refractivity contribution >= 4 is 11.5 Å². The fourth-order valence-electron chi connectivity index (χ4n) is 3.81. The maximum Gasteiger partial charge on any atom is 0.335 e. The van der Waals surface area contributed by atoms with Crippen LogP contribution in [0, 0.1) is 5.41 Å². The molecule has 1 unspecified atom stereocenters. The van der Waals surface area contributed by atoms with Gasteiger partial charge in [0.25, 0.3) is 0 Å². The third-order valence-corrected chi connectivity index (χ3v) is 5.05. The number of aliphatic carboxylic acids is 1. The van der Waals surface area contributed by atoms with Crippen LogP contribution >= 0.6 is 0 Å². The zero-order valence-electron chi connectivity index (χ0n) is 13.8. The van der Waals surface area contributed by atoms with Gasteiger partial charge in [0.05, 0.1) is 5.57 Å². The van der Waals surface area contributed by atoms with Crippen molar-refractivity contribution in [1.29, 1.82) is 0 Å². The van der Waals surface area contributed by atoms with Gasteiger partial charge in [-0.25, -0.2) is 9.18 Å². The van der Waals surface area contributed by atoms with Crippen LogP contribution in [-0.2, 0) is 4.79 Å². The SMILES string of the molecule is CC1(C)CCC=C1C1(F)CC(C(=O)O)=C(O)C=C1c1ccccc1. The van der Waals surface area contributed by atoms with Gasteiger partial charge in [0, 0.05) is 12.0 Å². The van der Waals surface area contributed by atoms with E-state index in [0.717, 1.165) is 12.8 Å². The Hall–Kier alpha value is -2.36. The van der Waals surface area contributed by atoms with Crippen LogP contribution < -0.4 is 0 Å². The van der Waals surface area contributed by atoms with Gasteiger partial charge in [0.15, 0.2) is 5.67 Å². The smallest absolute Gasteiger partial charge is 0.335 e. The summed E-state index contributed by atoms with van der Waals surface area (Å²) < 4.78 is 16.4. The van der Waals surface area contributed by atoms with Gasteiger partial charge in [-0.15, -0.1) is 0 Å². The van der Waals surface area contributed by atoms with Crippen LogP contribution in [0.4, 0.5) is 4.39 Å². The zero-order chi connectivity index (χ0) is 17.5. The van der Waals surface area contributed by atoms with E-state index in [1.165, 1.54) is 6.08 Å². The second kappa shape index (κ2) is 5.62. The molecule has 0 aliphatic heterocycles. The largest absolute Gasteiger partial charge is 0.507 e. The Morgan fingerprint density at radius 1 is 1.21 bits per heavy atom. The number of aliphatic hydroxyl groups excluding tert-OH is 1. The van der Waals surface area contributed by atoms with Crippen molar-refractivity contribution in [3.8, 4) is 0 Å². The summed E-state index contributed by atoms with van der Waals surface area (Å²) in [5.41, 5.74) is -0.968. The van der Waals surface area contributed by atoms with Gasteiger partial charge >= 0.3 is 5.97 Å². The first kappa shape index (κ1) is 16.5. The molecule has 0 radical (unpaired) electrons. The van der Waals surface area contributed by atoms with Gasteiger partial charge in [-0.2, -0.15) is 0 Å². The Morgan fingerprint density at radius 2 is 1.88 bits per heavy atom. The molecule has 0 heterocycles. The topological polar surface area (TPSA) is 57.5 Å². The highest BCUT2D eigenvalue weighted by molar-refractivity contribution is 5.92. The molecule has 1 atom stereocenters. The molecule has 0 amide bonds. The first-order chi connectivity index (χ1) is 11.3. The minimum Gasteiger partial charge on any atom is -0.507 e. The third kappa shape index (κ3) is 2.56. The van der Waals surface area contributed by atoms with E-state index >= 15 is 4.39 Å². The van der Waals surface area contributed by atoms with E-state index in [-0.39, 0.29) is 23.2 Å². The van der Waals surface area contributed by atoms with E-state index in [1.807, 2.05) is 26.0 Å². The van der Waals surface area contributed by atoms with Gasteiger partial charge in [-0.05, 0) is 35.5 Å². The number of halogens is 1. The zero-order valence-corrected chi connectivity index (χ0v) is 13.8. The van der Waals surface area contributed by atoms with Crippen molar-refractivity contribution in [3.05, 3.63) is 65.0 Å². The molecule has 0 aromatic heterocycles. The number of rotatable bonds is 3. The average Bonchev–Trinajstić information content (AvgIpc) is 2.90. The second-order valence-corrected chi connectivity index (χ2v) is 7.11. The molecule has 1 aromatic rings. The number of carboxylic acids is 1. The first-order valence-electron chi connectivity index (χ1n) is 8.09. The van der Waals surface area contributed by atoms with Crippen LogP contribution in [0.3, 0.4) is 0 Å². The molecule has 0 bridgehead atoms. The van der Waals surface area contributed by atoms with E-state index < -0.39 is 11.6 Å². The number of alkyl halides is 1. The summed E-state index contributed by atoms with van der Waals surface area (Å²) in [6, 6.07) is 9.00. The monoisotopic (exact) mass is 328 g/mol. The standard InChI is InChI=1S/C20H21FO3/c1-19(2)10-6-9-17(19)20(21)12-14(18(23)24)16(22)11-15(20)13-7-4-3-5-8-13/h3-5,7-9,11,22H,6,10,12H2,1-2H3,(H,23,24). The predicted molar refractivity (Wildman–Crippen MR) is 91.3 cm³/mol. The van der Waals surface area contributed by atoms with Crippen LogP contribution in [-0.4, -0.2) is 21.9 Å². The molecule has 3 nitrogen and oxygen atoms in total. The quantitative estimate of drug-likeness (QED) is 0.782.